The highest BCUT2D eigenvalue weighted by molar-refractivity contribution is 6.14. The van der Waals surface area contributed by atoms with E-state index in [2.05, 4.69) is 155 Å². The van der Waals surface area contributed by atoms with Crippen molar-refractivity contribution in [1.82, 2.24) is 4.57 Å². The van der Waals surface area contributed by atoms with E-state index >= 15 is 0 Å². The Morgan fingerprint density at radius 3 is 1.93 bits per heavy atom. The van der Waals surface area contributed by atoms with E-state index in [9.17, 15) is 0 Å². The first kappa shape index (κ1) is 23.9. The molecular formula is C40H26N2O. The largest absolute Gasteiger partial charge is 0.454 e. The maximum Gasteiger partial charge on any atom is 0.159 e. The number of aromatic nitrogens is 1. The van der Waals surface area contributed by atoms with Gasteiger partial charge in [0.05, 0.1) is 16.7 Å². The molecule has 2 aromatic heterocycles. The molecule has 0 saturated heterocycles. The van der Waals surface area contributed by atoms with Crippen LogP contribution in [0.1, 0.15) is 0 Å². The molecule has 0 saturated carbocycles. The molecule has 0 atom stereocenters. The number of furan rings is 1. The summed E-state index contributed by atoms with van der Waals surface area (Å²) in [6.07, 6.45) is 0. The average Bonchev–Trinajstić information content (AvgIpc) is 3.61. The Morgan fingerprint density at radius 1 is 0.442 bits per heavy atom. The van der Waals surface area contributed by atoms with E-state index in [1.165, 1.54) is 32.6 Å². The van der Waals surface area contributed by atoms with Crippen LogP contribution in [0, 0.1) is 0 Å². The lowest BCUT2D eigenvalue weighted by Crippen LogP contribution is -2.10. The second-order valence-electron chi connectivity index (χ2n) is 11.0. The number of benzene rings is 7. The molecule has 0 spiro atoms. The lowest BCUT2D eigenvalue weighted by molar-refractivity contribution is 0.669. The van der Waals surface area contributed by atoms with Crippen LogP contribution in [-0.2, 0) is 0 Å². The molecule has 9 rings (SSSR count). The summed E-state index contributed by atoms with van der Waals surface area (Å²) in [4.78, 5) is 2.29. The molecule has 0 aliphatic heterocycles. The number of para-hydroxylation sites is 4. The molecular weight excluding hydrogens is 524 g/mol. The number of hydrogen-bond acceptors (Lipinski definition) is 2. The van der Waals surface area contributed by atoms with Crippen molar-refractivity contribution in [3.05, 3.63) is 158 Å². The van der Waals surface area contributed by atoms with Crippen LogP contribution in [-0.4, -0.2) is 4.57 Å². The van der Waals surface area contributed by atoms with Gasteiger partial charge in [-0.15, -0.1) is 0 Å². The van der Waals surface area contributed by atoms with Gasteiger partial charge in [0, 0.05) is 38.6 Å². The maximum atomic E-state index is 6.48. The van der Waals surface area contributed by atoms with Crippen LogP contribution in [0.25, 0.3) is 60.2 Å². The molecule has 0 fully saturated rings. The first-order chi connectivity index (χ1) is 21.3. The number of fused-ring (bicyclic) bond motifs is 7. The van der Waals surface area contributed by atoms with Crippen molar-refractivity contribution in [2.45, 2.75) is 0 Å². The van der Waals surface area contributed by atoms with Gasteiger partial charge in [-0.25, -0.2) is 0 Å². The molecule has 0 unspecified atom stereocenters. The van der Waals surface area contributed by atoms with Crippen LogP contribution in [0.4, 0.5) is 17.1 Å². The van der Waals surface area contributed by atoms with Crippen molar-refractivity contribution >= 4 is 71.6 Å². The van der Waals surface area contributed by atoms with Crippen molar-refractivity contribution in [2.75, 3.05) is 4.90 Å². The van der Waals surface area contributed by atoms with E-state index in [0.717, 1.165) is 44.7 Å². The third-order valence-electron chi connectivity index (χ3n) is 8.54. The predicted octanol–water partition coefficient (Wildman–Crippen LogP) is 11.3. The molecule has 3 nitrogen and oxygen atoms in total. The lowest BCUT2D eigenvalue weighted by atomic mass is 10.1. The van der Waals surface area contributed by atoms with Crippen molar-refractivity contribution < 1.29 is 4.42 Å². The normalized spacial score (nSPS) is 11.7. The van der Waals surface area contributed by atoms with Gasteiger partial charge in [-0.2, -0.15) is 0 Å². The predicted molar refractivity (Wildman–Crippen MR) is 180 cm³/mol. The maximum absolute atomic E-state index is 6.48. The summed E-state index contributed by atoms with van der Waals surface area (Å²) in [6, 6.07) is 56.0. The van der Waals surface area contributed by atoms with Crippen molar-refractivity contribution in [3.63, 3.8) is 0 Å². The van der Waals surface area contributed by atoms with Gasteiger partial charge >= 0.3 is 0 Å². The fourth-order valence-electron chi connectivity index (χ4n) is 6.60. The second-order valence-corrected chi connectivity index (χ2v) is 11.0. The minimum atomic E-state index is 0.880. The van der Waals surface area contributed by atoms with Gasteiger partial charge in [0.15, 0.2) is 5.58 Å². The van der Waals surface area contributed by atoms with E-state index < -0.39 is 0 Å². The van der Waals surface area contributed by atoms with Crippen LogP contribution in [0.2, 0.25) is 0 Å². The van der Waals surface area contributed by atoms with Crippen molar-refractivity contribution in [3.8, 4) is 5.69 Å². The Hall–Kier alpha value is -5.80. The standard InChI is InChI=1S/C40H26N2O/c1-2-13-29(14-3-1)41(37-19-10-17-34-33-16-7-9-20-39(33)43-40(34)37)30-21-23-31(24-22-30)42-36-18-8-6-15-32(36)35-25-27-11-4-5-12-28(27)26-38(35)42/h1-26H. The Morgan fingerprint density at radius 2 is 1.09 bits per heavy atom. The molecule has 0 radical (unpaired) electrons. The SMILES string of the molecule is c1ccc(N(c2ccc(-n3c4ccccc4c4cc5ccccc5cc43)cc2)c2cccc3c2oc2ccccc23)cc1. The molecule has 2 heterocycles. The number of anilines is 3. The van der Waals surface area contributed by atoms with Crippen molar-refractivity contribution in [1.29, 1.82) is 0 Å². The van der Waals surface area contributed by atoms with E-state index in [1.54, 1.807) is 0 Å². The minimum Gasteiger partial charge on any atom is -0.454 e. The highest BCUT2D eigenvalue weighted by Crippen LogP contribution is 2.42. The van der Waals surface area contributed by atoms with Gasteiger partial charge in [0.25, 0.3) is 0 Å². The lowest BCUT2D eigenvalue weighted by Gasteiger charge is -2.25. The summed E-state index contributed by atoms with van der Waals surface area (Å²) in [5, 5.41) is 7.26. The Kier molecular flexibility index (Phi) is 5.20. The third-order valence-corrected chi connectivity index (χ3v) is 8.54. The first-order valence-electron chi connectivity index (χ1n) is 14.6. The molecule has 202 valence electrons. The monoisotopic (exact) mass is 550 g/mol. The summed E-state index contributed by atoms with van der Waals surface area (Å²) in [6.45, 7) is 0. The molecule has 0 aliphatic rings. The zero-order valence-corrected chi connectivity index (χ0v) is 23.3. The van der Waals surface area contributed by atoms with Crippen LogP contribution >= 0.6 is 0 Å². The molecule has 0 N–H and O–H groups in total. The highest BCUT2D eigenvalue weighted by Gasteiger charge is 2.20. The topological polar surface area (TPSA) is 21.3 Å². The smallest absolute Gasteiger partial charge is 0.159 e. The Bertz CT molecular complexity index is 2450. The molecule has 7 aromatic carbocycles. The molecule has 3 heteroatoms. The zero-order chi connectivity index (χ0) is 28.3. The Balaban J connectivity index is 1.24. The van der Waals surface area contributed by atoms with Gasteiger partial charge in [-0.05, 0) is 77.5 Å². The van der Waals surface area contributed by atoms with Crippen LogP contribution in [0.15, 0.2) is 162 Å². The van der Waals surface area contributed by atoms with Gasteiger partial charge in [-0.3, -0.25) is 0 Å². The molecule has 0 aliphatic carbocycles. The van der Waals surface area contributed by atoms with Crippen LogP contribution in [0.3, 0.4) is 0 Å². The summed E-state index contributed by atoms with van der Waals surface area (Å²) < 4.78 is 8.86. The van der Waals surface area contributed by atoms with Crippen LogP contribution < -0.4 is 4.90 Å². The molecule has 9 aromatic rings. The first-order valence-corrected chi connectivity index (χ1v) is 14.6. The molecule has 0 amide bonds. The number of hydrogen-bond donors (Lipinski definition) is 0. The van der Waals surface area contributed by atoms with Gasteiger partial charge < -0.3 is 13.9 Å². The van der Waals surface area contributed by atoms with E-state index in [-0.39, 0.29) is 0 Å². The van der Waals surface area contributed by atoms with E-state index in [4.69, 9.17) is 4.42 Å². The summed E-state index contributed by atoms with van der Waals surface area (Å²) in [5.74, 6) is 0. The van der Waals surface area contributed by atoms with Crippen molar-refractivity contribution in [2.24, 2.45) is 0 Å². The highest BCUT2D eigenvalue weighted by atomic mass is 16.3. The fourth-order valence-corrected chi connectivity index (χ4v) is 6.60. The number of nitrogens with zero attached hydrogens (tertiary/aromatic N) is 2. The van der Waals surface area contributed by atoms with E-state index in [0.29, 0.717) is 0 Å². The third kappa shape index (κ3) is 3.68. The number of rotatable bonds is 4. The zero-order valence-electron chi connectivity index (χ0n) is 23.3. The molecule has 0 bridgehead atoms. The minimum absolute atomic E-state index is 0.880. The van der Waals surface area contributed by atoms with Gasteiger partial charge in [-0.1, -0.05) is 91.0 Å². The second kappa shape index (κ2) is 9.37. The Labute approximate surface area is 248 Å². The van der Waals surface area contributed by atoms with Gasteiger partial charge in [0.1, 0.15) is 5.58 Å². The van der Waals surface area contributed by atoms with Crippen LogP contribution in [0.5, 0.6) is 0 Å². The molecule has 43 heavy (non-hydrogen) atoms. The summed E-state index contributed by atoms with van der Waals surface area (Å²) >= 11 is 0. The summed E-state index contributed by atoms with van der Waals surface area (Å²) in [7, 11) is 0. The van der Waals surface area contributed by atoms with Gasteiger partial charge in [0.2, 0.25) is 0 Å². The fraction of sp³-hybridized carbons (Fsp3) is 0. The van der Waals surface area contributed by atoms with E-state index in [1.807, 2.05) is 12.1 Å². The average molecular weight is 551 g/mol. The quantitative estimate of drug-likeness (QED) is 0.217. The summed E-state index contributed by atoms with van der Waals surface area (Å²) in [5.41, 5.74) is 8.46.